The summed E-state index contributed by atoms with van der Waals surface area (Å²) in [6.45, 7) is 0.585. The predicted octanol–water partition coefficient (Wildman–Crippen LogP) is 3.66. The van der Waals surface area contributed by atoms with E-state index < -0.39 is 0 Å². The van der Waals surface area contributed by atoms with Gasteiger partial charge in [-0.3, -0.25) is 4.79 Å². The van der Waals surface area contributed by atoms with Crippen LogP contribution < -0.4 is 0 Å². The third-order valence-electron chi connectivity index (χ3n) is 1.71. The lowest BCUT2D eigenvalue weighted by molar-refractivity contribution is 0.0964. The fourth-order valence-electron chi connectivity index (χ4n) is 1.04. The highest BCUT2D eigenvalue weighted by atomic mass is 35.5. The summed E-state index contributed by atoms with van der Waals surface area (Å²) in [6, 6.07) is 1.61. The average molecular weight is 253 g/mol. The van der Waals surface area contributed by atoms with Crippen molar-refractivity contribution in [2.75, 3.05) is 13.7 Å². The second kappa shape index (κ2) is 5.71. The maximum absolute atomic E-state index is 11.6. The first kappa shape index (κ1) is 12.0. The monoisotopic (exact) mass is 252 g/mol. The number of ketones is 1. The molecule has 1 heterocycles. The normalized spacial score (nSPS) is 10.5. The summed E-state index contributed by atoms with van der Waals surface area (Å²) in [7, 11) is 1.61. The first-order valence-electron chi connectivity index (χ1n) is 4.12. The summed E-state index contributed by atoms with van der Waals surface area (Å²) in [5.41, 5.74) is 0.526. The molecule has 0 aromatic carbocycles. The van der Waals surface area contributed by atoms with E-state index in [1.54, 1.807) is 13.2 Å². The van der Waals surface area contributed by atoms with Gasteiger partial charge in [-0.25, -0.2) is 0 Å². The Kier molecular flexibility index (Phi) is 4.89. The second-order valence-corrected chi connectivity index (χ2v) is 5.04. The first-order valence-corrected chi connectivity index (χ1v) is 5.69. The first-order chi connectivity index (χ1) is 6.65. The number of methoxy groups -OCH3 is 1. The molecule has 0 bridgehead atoms. The van der Waals surface area contributed by atoms with E-state index in [0.29, 0.717) is 33.7 Å². The van der Waals surface area contributed by atoms with E-state index in [1.165, 1.54) is 11.3 Å². The molecule has 0 atom stereocenters. The Balaban J connectivity index is 2.56. The van der Waals surface area contributed by atoms with Gasteiger partial charge in [0.15, 0.2) is 5.78 Å². The molecule has 0 N–H and O–H groups in total. The highest BCUT2D eigenvalue weighted by Gasteiger charge is 2.13. The number of halogens is 2. The van der Waals surface area contributed by atoms with E-state index in [1.807, 2.05) is 0 Å². The minimum Gasteiger partial charge on any atom is -0.385 e. The van der Waals surface area contributed by atoms with Crippen LogP contribution in [-0.4, -0.2) is 19.5 Å². The Bertz CT molecular complexity index is 323. The molecular weight excluding hydrogens is 243 g/mol. The molecule has 0 saturated carbocycles. The Hall–Kier alpha value is -0.0900. The van der Waals surface area contributed by atoms with Crippen LogP contribution in [0.4, 0.5) is 0 Å². The van der Waals surface area contributed by atoms with Crippen LogP contribution in [-0.2, 0) is 4.74 Å². The zero-order chi connectivity index (χ0) is 10.6. The van der Waals surface area contributed by atoms with Crippen LogP contribution in [0.2, 0.25) is 8.67 Å². The molecule has 78 valence electrons. The van der Waals surface area contributed by atoms with Crippen LogP contribution in [0.5, 0.6) is 0 Å². The minimum absolute atomic E-state index is 0.0233. The lowest BCUT2D eigenvalue weighted by atomic mass is 10.1. The van der Waals surface area contributed by atoms with Gasteiger partial charge >= 0.3 is 0 Å². The van der Waals surface area contributed by atoms with Crippen LogP contribution in [0.3, 0.4) is 0 Å². The maximum Gasteiger partial charge on any atom is 0.165 e. The lowest BCUT2D eigenvalue weighted by Crippen LogP contribution is -2.00. The molecule has 0 amide bonds. The maximum atomic E-state index is 11.6. The van der Waals surface area contributed by atoms with Gasteiger partial charge < -0.3 is 4.74 Å². The van der Waals surface area contributed by atoms with E-state index in [9.17, 15) is 4.79 Å². The quantitative estimate of drug-likeness (QED) is 0.591. The third-order valence-corrected chi connectivity index (χ3v) is 3.20. The molecule has 5 heteroatoms. The molecule has 0 aliphatic heterocycles. The minimum atomic E-state index is 0.0233. The van der Waals surface area contributed by atoms with Crippen molar-refractivity contribution in [2.45, 2.75) is 12.8 Å². The molecule has 0 spiro atoms. The molecule has 2 nitrogen and oxygen atoms in total. The number of carbonyl (C=O) groups is 1. The summed E-state index contributed by atoms with van der Waals surface area (Å²) < 4.78 is 5.87. The van der Waals surface area contributed by atoms with Crippen molar-refractivity contribution < 1.29 is 9.53 Å². The molecule has 1 rings (SSSR count). The Labute approximate surface area is 96.8 Å². The topological polar surface area (TPSA) is 26.3 Å². The lowest BCUT2D eigenvalue weighted by Gasteiger charge is -1.98. The Morgan fingerprint density at radius 2 is 2.29 bits per heavy atom. The summed E-state index contributed by atoms with van der Waals surface area (Å²) in [5.74, 6) is 0.0233. The summed E-state index contributed by atoms with van der Waals surface area (Å²) in [6.07, 6.45) is 1.15. The molecule has 0 aliphatic rings. The Morgan fingerprint density at radius 1 is 1.57 bits per heavy atom. The molecular formula is C9H10Cl2O2S. The molecule has 0 radical (unpaired) electrons. The van der Waals surface area contributed by atoms with Gasteiger partial charge in [0.1, 0.15) is 4.34 Å². The zero-order valence-electron chi connectivity index (χ0n) is 7.68. The largest absolute Gasteiger partial charge is 0.385 e. The van der Waals surface area contributed by atoms with Crippen molar-refractivity contribution in [3.63, 3.8) is 0 Å². The van der Waals surface area contributed by atoms with Crippen LogP contribution in [0.15, 0.2) is 6.07 Å². The molecule has 0 saturated heterocycles. The van der Waals surface area contributed by atoms with Crippen LogP contribution in [0.1, 0.15) is 23.2 Å². The van der Waals surface area contributed by atoms with Crippen molar-refractivity contribution >= 4 is 40.3 Å². The number of thiophene rings is 1. The summed E-state index contributed by atoms with van der Waals surface area (Å²) >= 11 is 12.8. The van der Waals surface area contributed by atoms with Crippen LogP contribution in [0.25, 0.3) is 0 Å². The van der Waals surface area contributed by atoms with Gasteiger partial charge in [-0.1, -0.05) is 23.2 Å². The number of Topliss-reactive ketones (excluding diaryl/α,β-unsaturated/α-hetero) is 1. The van der Waals surface area contributed by atoms with Crippen LogP contribution in [0, 0.1) is 0 Å². The number of hydrogen-bond acceptors (Lipinski definition) is 3. The van der Waals surface area contributed by atoms with Crippen molar-refractivity contribution in [3.8, 4) is 0 Å². The van der Waals surface area contributed by atoms with Gasteiger partial charge in [0.05, 0.1) is 4.34 Å². The molecule has 0 fully saturated rings. The predicted molar refractivity (Wildman–Crippen MR) is 59.8 cm³/mol. The Morgan fingerprint density at radius 3 is 2.79 bits per heavy atom. The second-order valence-electron chi connectivity index (χ2n) is 2.76. The number of ether oxygens (including phenoxy) is 1. The van der Waals surface area contributed by atoms with Gasteiger partial charge in [-0.05, 0) is 12.5 Å². The third kappa shape index (κ3) is 3.24. The smallest absolute Gasteiger partial charge is 0.165 e. The molecule has 0 aliphatic carbocycles. The summed E-state index contributed by atoms with van der Waals surface area (Å²) in [4.78, 5) is 11.6. The van der Waals surface area contributed by atoms with E-state index in [4.69, 9.17) is 27.9 Å². The van der Waals surface area contributed by atoms with Crippen LogP contribution >= 0.6 is 34.5 Å². The standard InChI is InChI=1S/C9H10Cl2O2S/c1-13-4-2-3-7(12)6-5-8(10)14-9(6)11/h5H,2-4H2,1H3. The molecule has 14 heavy (non-hydrogen) atoms. The number of hydrogen-bond donors (Lipinski definition) is 0. The van der Waals surface area contributed by atoms with Crippen molar-refractivity contribution in [1.29, 1.82) is 0 Å². The fourth-order valence-corrected chi connectivity index (χ4v) is 2.54. The van der Waals surface area contributed by atoms with E-state index in [-0.39, 0.29) is 5.78 Å². The van der Waals surface area contributed by atoms with Crippen molar-refractivity contribution in [2.24, 2.45) is 0 Å². The number of rotatable bonds is 5. The van der Waals surface area contributed by atoms with Gasteiger partial charge in [0.25, 0.3) is 0 Å². The van der Waals surface area contributed by atoms with E-state index >= 15 is 0 Å². The highest BCUT2D eigenvalue weighted by Crippen LogP contribution is 2.31. The zero-order valence-corrected chi connectivity index (χ0v) is 10.0. The average Bonchev–Trinajstić information content (AvgIpc) is 2.45. The van der Waals surface area contributed by atoms with E-state index in [0.717, 1.165) is 0 Å². The van der Waals surface area contributed by atoms with Gasteiger partial charge in [0.2, 0.25) is 0 Å². The summed E-state index contributed by atoms with van der Waals surface area (Å²) in [5, 5.41) is 0. The highest BCUT2D eigenvalue weighted by molar-refractivity contribution is 7.20. The number of carbonyl (C=O) groups excluding carboxylic acids is 1. The van der Waals surface area contributed by atoms with Gasteiger partial charge in [0, 0.05) is 25.7 Å². The van der Waals surface area contributed by atoms with E-state index in [2.05, 4.69) is 0 Å². The van der Waals surface area contributed by atoms with Gasteiger partial charge in [-0.2, -0.15) is 0 Å². The molecule has 1 aromatic heterocycles. The SMILES string of the molecule is COCCCC(=O)c1cc(Cl)sc1Cl. The molecule has 0 unspecified atom stereocenters. The fraction of sp³-hybridized carbons (Fsp3) is 0.444. The van der Waals surface area contributed by atoms with Crippen molar-refractivity contribution in [1.82, 2.24) is 0 Å². The van der Waals surface area contributed by atoms with Crippen molar-refractivity contribution in [3.05, 3.63) is 20.3 Å². The molecule has 1 aromatic rings. The van der Waals surface area contributed by atoms with Gasteiger partial charge in [-0.15, -0.1) is 11.3 Å².